The fourth-order valence-electron chi connectivity index (χ4n) is 9.33. The van der Waals surface area contributed by atoms with Gasteiger partial charge in [-0.05, 0) is 44.9 Å². The zero-order chi connectivity index (χ0) is 47.0. The number of carbonyl (C=O) groups excluding carboxylic acids is 1. The molecule has 0 rings (SSSR count). The Balaban J connectivity index is 3.51. The summed E-state index contributed by atoms with van der Waals surface area (Å²) in [6.07, 6.45) is 77.6. The third-order valence-electron chi connectivity index (χ3n) is 13.9. The van der Waals surface area contributed by atoms with E-state index in [1.165, 1.54) is 270 Å². The van der Waals surface area contributed by atoms with E-state index < -0.39 is 12.1 Å². The van der Waals surface area contributed by atoms with E-state index in [1.54, 1.807) is 6.08 Å². The van der Waals surface area contributed by atoms with Crippen LogP contribution in [0.1, 0.15) is 328 Å². The van der Waals surface area contributed by atoms with Gasteiger partial charge in [0.25, 0.3) is 0 Å². The lowest BCUT2D eigenvalue weighted by Gasteiger charge is -2.19. The zero-order valence-corrected chi connectivity index (χ0v) is 44.3. The van der Waals surface area contributed by atoms with Gasteiger partial charge in [-0.25, -0.2) is 0 Å². The molecular weight excluding hydrogens is 795 g/mol. The van der Waals surface area contributed by atoms with Crippen LogP contribution in [-0.4, -0.2) is 34.9 Å². The number of aliphatic hydroxyl groups is 2. The number of amides is 1. The molecule has 0 aliphatic heterocycles. The molecule has 2 unspecified atom stereocenters. The number of aliphatic hydroxyl groups excluding tert-OH is 2. The van der Waals surface area contributed by atoms with E-state index in [0.717, 1.165) is 38.5 Å². The molecule has 3 N–H and O–H groups in total. The molecule has 65 heavy (non-hydrogen) atoms. The van der Waals surface area contributed by atoms with E-state index in [1.807, 2.05) is 6.08 Å². The topological polar surface area (TPSA) is 69.6 Å². The highest BCUT2D eigenvalue weighted by molar-refractivity contribution is 5.76. The van der Waals surface area contributed by atoms with E-state index in [2.05, 4.69) is 43.5 Å². The van der Waals surface area contributed by atoms with E-state index >= 15 is 0 Å². The minimum absolute atomic E-state index is 0.0719. The van der Waals surface area contributed by atoms with Crippen LogP contribution in [0, 0.1) is 0 Å². The minimum atomic E-state index is -0.869. The predicted octanol–water partition coefficient (Wildman–Crippen LogP) is 19.6. The molecule has 0 saturated carbocycles. The van der Waals surface area contributed by atoms with Gasteiger partial charge in [-0.3, -0.25) is 4.79 Å². The minimum Gasteiger partial charge on any atom is -0.394 e. The summed E-state index contributed by atoms with van der Waals surface area (Å²) in [6, 6.07) is -0.644. The van der Waals surface area contributed by atoms with Gasteiger partial charge in [0.2, 0.25) is 5.91 Å². The molecule has 0 aromatic carbocycles. The molecule has 384 valence electrons. The van der Waals surface area contributed by atoms with Crippen molar-refractivity contribution in [1.82, 2.24) is 5.32 Å². The smallest absolute Gasteiger partial charge is 0.220 e. The van der Waals surface area contributed by atoms with E-state index in [0.29, 0.717) is 6.42 Å². The van der Waals surface area contributed by atoms with Crippen LogP contribution in [0.4, 0.5) is 0 Å². The SMILES string of the molecule is CCCCCCCCCCCCCCCCCCCCCCCC/C=C/CC/C=C/CC/C=C/C(O)C(CO)NC(=O)CCCCCCCCCCCCCCCCCCCCCCC. The molecule has 0 heterocycles. The van der Waals surface area contributed by atoms with Crippen LogP contribution in [0.25, 0.3) is 0 Å². The Kier molecular flexibility index (Phi) is 55.7. The molecule has 0 saturated heterocycles. The van der Waals surface area contributed by atoms with Crippen LogP contribution < -0.4 is 5.32 Å². The van der Waals surface area contributed by atoms with Crippen LogP contribution in [-0.2, 0) is 4.79 Å². The van der Waals surface area contributed by atoms with Crippen molar-refractivity contribution < 1.29 is 15.0 Å². The summed E-state index contributed by atoms with van der Waals surface area (Å²) in [5, 5.41) is 23.2. The van der Waals surface area contributed by atoms with Gasteiger partial charge in [0.15, 0.2) is 0 Å². The van der Waals surface area contributed by atoms with Crippen molar-refractivity contribution in [2.24, 2.45) is 0 Å². The highest BCUT2D eigenvalue weighted by Crippen LogP contribution is 2.18. The van der Waals surface area contributed by atoms with Gasteiger partial charge < -0.3 is 15.5 Å². The first-order valence-corrected chi connectivity index (χ1v) is 29.7. The molecular formula is C61H117NO3. The van der Waals surface area contributed by atoms with Crippen molar-refractivity contribution in [3.8, 4) is 0 Å². The highest BCUT2D eigenvalue weighted by atomic mass is 16.3. The normalized spacial score (nSPS) is 13.0. The Morgan fingerprint density at radius 1 is 0.354 bits per heavy atom. The van der Waals surface area contributed by atoms with Crippen LogP contribution >= 0.6 is 0 Å². The van der Waals surface area contributed by atoms with Gasteiger partial charge in [-0.1, -0.05) is 314 Å². The lowest BCUT2D eigenvalue weighted by atomic mass is 10.0. The van der Waals surface area contributed by atoms with Crippen LogP contribution in [0.2, 0.25) is 0 Å². The highest BCUT2D eigenvalue weighted by Gasteiger charge is 2.18. The Morgan fingerprint density at radius 3 is 0.892 bits per heavy atom. The third kappa shape index (κ3) is 53.4. The van der Waals surface area contributed by atoms with Crippen molar-refractivity contribution in [3.63, 3.8) is 0 Å². The van der Waals surface area contributed by atoms with Gasteiger partial charge in [-0.2, -0.15) is 0 Å². The Labute approximate surface area is 408 Å². The standard InChI is InChI=1S/C61H117NO3/c1-3-5-7-9-11-13-15-17-19-21-23-25-26-27-28-29-30-31-32-33-34-35-37-38-40-42-44-46-48-50-52-54-56-60(64)59(58-63)62-61(65)57-55-53-51-49-47-45-43-41-39-36-24-22-20-18-16-14-12-10-8-6-4-2/h38,40,46,48,54,56,59-60,63-64H,3-37,39,41-45,47,49-53,55,57-58H2,1-2H3,(H,62,65)/b40-38+,48-46+,56-54+. The molecule has 0 fully saturated rings. The average Bonchev–Trinajstić information content (AvgIpc) is 3.31. The molecule has 0 bridgehead atoms. The van der Waals surface area contributed by atoms with Crippen molar-refractivity contribution >= 4 is 5.91 Å². The van der Waals surface area contributed by atoms with Crippen molar-refractivity contribution in [3.05, 3.63) is 36.5 Å². The lowest BCUT2D eigenvalue weighted by molar-refractivity contribution is -0.123. The summed E-state index contributed by atoms with van der Waals surface area (Å²) in [5.41, 5.74) is 0. The fraction of sp³-hybridized carbons (Fsp3) is 0.885. The van der Waals surface area contributed by atoms with Gasteiger partial charge >= 0.3 is 0 Å². The Morgan fingerprint density at radius 2 is 0.600 bits per heavy atom. The molecule has 0 aliphatic carbocycles. The maximum Gasteiger partial charge on any atom is 0.220 e. The van der Waals surface area contributed by atoms with Crippen molar-refractivity contribution in [2.45, 2.75) is 341 Å². The second-order valence-electron chi connectivity index (χ2n) is 20.4. The Hall–Kier alpha value is -1.39. The van der Waals surface area contributed by atoms with Crippen molar-refractivity contribution in [2.75, 3.05) is 6.61 Å². The number of nitrogens with one attached hydrogen (secondary N) is 1. The second-order valence-corrected chi connectivity index (χ2v) is 20.4. The lowest BCUT2D eigenvalue weighted by Crippen LogP contribution is -2.45. The first-order valence-electron chi connectivity index (χ1n) is 29.7. The molecule has 0 aromatic rings. The van der Waals surface area contributed by atoms with Gasteiger partial charge in [0.1, 0.15) is 0 Å². The summed E-state index contributed by atoms with van der Waals surface area (Å²) >= 11 is 0. The largest absolute Gasteiger partial charge is 0.394 e. The molecule has 2 atom stereocenters. The summed E-state index contributed by atoms with van der Waals surface area (Å²) in [6.45, 7) is 4.33. The van der Waals surface area contributed by atoms with Gasteiger partial charge in [-0.15, -0.1) is 0 Å². The molecule has 0 spiro atoms. The molecule has 0 aromatic heterocycles. The van der Waals surface area contributed by atoms with Crippen LogP contribution in [0.3, 0.4) is 0 Å². The molecule has 0 aliphatic rings. The monoisotopic (exact) mass is 912 g/mol. The van der Waals surface area contributed by atoms with Crippen molar-refractivity contribution in [1.29, 1.82) is 0 Å². The quantitative estimate of drug-likeness (QED) is 0.0421. The summed E-state index contributed by atoms with van der Waals surface area (Å²) in [7, 11) is 0. The number of hydrogen-bond donors (Lipinski definition) is 3. The van der Waals surface area contributed by atoms with E-state index in [-0.39, 0.29) is 12.5 Å². The first kappa shape index (κ1) is 63.6. The second kappa shape index (κ2) is 56.9. The predicted molar refractivity (Wildman–Crippen MR) is 290 cm³/mol. The average molecular weight is 913 g/mol. The molecule has 4 heteroatoms. The maximum absolute atomic E-state index is 12.5. The molecule has 0 radical (unpaired) electrons. The Bertz CT molecular complexity index is 989. The number of allylic oxidation sites excluding steroid dienone is 5. The van der Waals surface area contributed by atoms with Crippen LogP contribution in [0.5, 0.6) is 0 Å². The maximum atomic E-state index is 12.5. The first-order chi connectivity index (χ1) is 32.2. The molecule has 1 amide bonds. The van der Waals surface area contributed by atoms with Gasteiger partial charge in [0, 0.05) is 6.42 Å². The van der Waals surface area contributed by atoms with E-state index in [4.69, 9.17) is 0 Å². The van der Waals surface area contributed by atoms with Gasteiger partial charge in [0.05, 0.1) is 18.8 Å². The number of hydrogen-bond acceptors (Lipinski definition) is 3. The fourth-order valence-corrected chi connectivity index (χ4v) is 9.33. The summed E-state index contributed by atoms with van der Waals surface area (Å²) in [5.74, 6) is -0.0719. The number of carbonyl (C=O) groups is 1. The third-order valence-corrected chi connectivity index (χ3v) is 13.9. The molecule has 4 nitrogen and oxygen atoms in total. The van der Waals surface area contributed by atoms with Crippen LogP contribution in [0.15, 0.2) is 36.5 Å². The zero-order valence-electron chi connectivity index (χ0n) is 44.3. The summed E-state index contributed by atoms with van der Waals surface area (Å²) in [4.78, 5) is 12.5. The number of unbranched alkanes of at least 4 members (excludes halogenated alkanes) is 44. The van der Waals surface area contributed by atoms with E-state index in [9.17, 15) is 15.0 Å². The number of rotatable bonds is 55. The summed E-state index contributed by atoms with van der Waals surface area (Å²) < 4.78 is 0.